The normalized spacial score (nSPS) is 11.9. The average molecular weight is 292 g/mol. The second-order valence-electron chi connectivity index (χ2n) is 4.10. The summed E-state index contributed by atoms with van der Waals surface area (Å²) in [5, 5.41) is 15.1. The molecule has 6 heteroatoms. The molecule has 5 nitrogen and oxygen atoms in total. The predicted molar refractivity (Wildman–Crippen MR) is 78.9 cm³/mol. The second kappa shape index (κ2) is 7.02. The fraction of sp³-hybridized carbons (Fsp3) is 0.214. The smallest absolute Gasteiger partial charge is 0.319 e. The number of anilines is 1. The van der Waals surface area contributed by atoms with Gasteiger partial charge >= 0.3 is 6.03 Å². The van der Waals surface area contributed by atoms with Crippen molar-refractivity contribution in [2.24, 2.45) is 0 Å². The van der Waals surface area contributed by atoms with E-state index in [9.17, 15) is 9.90 Å². The van der Waals surface area contributed by atoms with E-state index in [1.807, 2.05) is 30.5 Å². The lowest BCUT2D eigenvalue weighted by Crippen LogP contribution is -2.32. The number of nitrogens with one attached hydrogen (secondary N) is 2. The van der Waals surface area contributed by atoms with Crippen molar-refractivity contribution in [1.29, 1.82) is 0 Å². The maximum absolute atomic E-state index is 11.7. The van der Waals surface area contributed by atoms with Gasteiger partial charge in [0.25, 0.3) is 0 Å². The van der Waals surface area contributed by atoms with Crippen LogP contribution in [-0.4, -0.2) is 23.9 Å². The third-order valence-corrected chi connectivity index (χ3v) is 3.38. The molecule has 0 saturated carbocycles. The molecule has 2 rings (SSSR count). The van der Waals surface area contributed by atoms with Crippen LogP contribution in [0.15, 0.2) is 52.0 Å². The third-order valence-electron chi connectivity index (χ3n) is 2.66. The van der Waals surface area contributed by atoms with Crippen LogP contribution in [0.25, 0.3) is 0 Å². The topological polar surface area (TPSA) is 74.5 Å². The number of carbonyl (C=O) groups excluding carboxylic acids is 1. The zero-order valence-corrected chi connectivity index (χ0v) is 11.8. The lowest BCUT2D eigenvalue weighted by Gasteiger charge is -2.11. The summed E-state index contributed by atoms with van der Waals surface area (Å²) in [6, 6.07) is 10.5. The van der Waals surface area contributed by atoms with Gasteiger partial charge in [-0.1, -0.05) is 6.07 Å². The molecule has 106 valence electrons. The largest absolute Gasteiger partial charge is 0.467 e. The SMILES string of the molecule is CSc1cccc(NC(=O)NCC(O)c2ccco2)c1. The summed E-state index contributed by atoms with van der Waals surface area (Å²) in [7, 11) is 0. The first-order chi connectivity index (χ1) is 9.69. The Kier molecular flexibility index (Phi) is 5.09. The fourth-order valence-corrected chi connectivity index (χ4v) is 2.11. The molecule has 2 aromatic rings. The van der Waals surface area contributed by atoms with Crippen LogP contribution < -0.4 is 10.6 Å². The van der Waals surface area contributed by atoms with E-state index in [-0.39, 0.29) is 12.6 Å². The maximum atomic E-state index is 11.7. The van der Waals surface area contributed by atoms with Crippen LogP contribution in [-0.2, 0) is 0 Å². The minimum absolute atomic E-state index is 0.0849. The lowest BCUT2D eigenvalue weighted by molar-refractivity contribution is 0.149. The van der Waals surface area contributed by atoms with Crippen molar-refractivity contribution >= 4 is 23.5 Å². The summed E-state index contributed by atoms with van der Waals surface area (Å²) >= 11 is 1.60. The molecule has 2 amide bonds. The highest BCUT2D eigenvalue weighted by atomic mass is 32.2. The molecule has 1 atom stereocenters. The number of carbonyl (C=O) groups is 1. The monoisotopic (exact) mass is 292 g/mol. The molecule has 0 radical (unpaired) electrons. The van der Waals surface area contributed by atoms with Crippen LogP contribution in [0.3, 0.4) is 0 Å². The number of aliphatic hydroxyl groups excluding tert-OH is 1. The molecule has 0 bridgehead atoms. The molecule has 1 unspecified atom stereocenters. The van der Waals surface area contributed by atoms with Crippen LogP contribution in [0, 0.1) is 0 Å². The van der Waals surface area contributed by atoms with Crippen molar-refractivity contribution in [2.45, 2.75) is 11.0 Å². The zero-order valence-electron chi connectivity index (χ0n) is 11.0. The summed E-state index contributed by atoms with van der Waals surface area (Å²) in [5.74, 6) is 0.426. The average Bonchev–Trinajstić information content (AvgIpc) is 2.99. The number of hydrogen-bond donors (Lipinski definition) is 3. The van der Waals surface area contributed by atoms with Crippen molar-refractivity contribution < 1.29 is 14.3 Å². The number of thioether (sulfide) groups is 1. The number of amides is 2. The van der Waals surface area contributed by atoms with Gasteiger partial charge < -0.3 is 20.2 Å². The Morgan fingerprint density at radius 1 is 1.40 bits per heavy atom. The molecule has 1 aromatic carbocycles. The Morgan fingerprint density at radius 2 is 2.25 bits per heavy atom. The van der Waals surface area contributed by atoms with Gasteiger partial charge in [0.2, 0.25) is 0 Å². The predicted octanol–water partition coefficient (Wildman–Crippen LogP) is 2.86. The fourth-order valence-electron chi connectivity index (χ4n) is 1.65. The minimum atomic E-state index is -0.853. The first kappa shape index (κ1) is 14.5. The van der Waals surface area contributed by atoms with Crippen molar-refractivity contribution in [1.82, 2.24) is 5.32 Å². The van der Waals surface area contributed by atoms with Crippen LogP contribution in [0.1, 0.15) is 11.9 Å². The van der Waals surface area contributed by atoms with Crippen LogP contribution in [0.2, 0.25) is 0 Å². The third kappa shape index (κ3) is 4.04. The molecular weight excluding hydrogens is 276 g/mol. The van der Waals surface area contributed by atoms with E-state index < -0.39 is 6.10 Å². The van der Waals surface area contributed by atoms with Crippen molar-refractivity contribution in [2.75, 3.05) is 18.1 Å². The highest BCUT2D eigenvalue weighted by molar-refractivity contribution is 7.98. The molecule has 0 fully saturated rings. The van der Waals surface area contributed by atoms with E-state index in [1.165, 1.54) is 6.26 Å². The highest BCUT2D eigenvalue weighted by Gasteiger charge is 2.11. The molecule has 1 aromatic heterocycles. The van der Waals surface area contributed by atoms with E-state index in [1.54, 1.807) is 23.9 Å². The molecule has 0 spiro atoms. The van der Waals surface area contributed by atoms with Gasteiger partial charge in [-0.3, -0.25) is 0 Å². The number of furan rings is 1. The minimum Gasteiger partial charge on any atom is -0.467 e. The molecular formula is C14H16N2O3S. The number of aliphatic hydroxyl groups is 1. The Labute approximate surface area is 121 Å². The Hall–Kier alpha value is -1.92. The number of rotatable bonds is 5. The molecule has 0 saturated heterocycles. The molecule has 1 heterocycles. The van der Waals surface area contributed by atoms with Gasteiger partial charge in [-0.05, 0) is 36.6 Å². The number of benzene rings is 1. The molecule has 3 N–H and O–H groups in total. The summed E-state index contributed by atoms with van der Waals surface area (Å²) in [6.45, 7) is 0.0849. The van der Waals surface area contributed by atoms with E-state index in [4.69, 9.17) is 4.42 Å². The van der Waals surface area contributed by atoms with Crippen LogP contribution in [0.4, 0.5) is 10.5 Å². The lowest BCUT2D eigenvalue weighted by atomic mass is 10.3. The molecule has 0 aliphatic heterocycles. The van der Waals surface area contributed by atoms with E-state index in [0.717, 1.165) is 4.90 Å². The van der Waals surface area contributed by atoms with Gasteiger partial charge in [0.15, 0.2) is 0 Å². The summed E-state index contributed by atoms with van der Waals surface area (Å²) in [6.07, 6.45) is 2.60. The summed E-state index contributed by atoms with van der Waals surface area (Å²) in [4.78, 5) is 12.8. The van der Waals surface area contributed by atoms with Gasteiger partial charge in [-0.15, -0.1) is 11.8 Å². The van der Waals surface area contributed by atoms with Gasteiger partial charge in [-0.25, -0.2) is 4.79 Å². The first-order valence-electron chi connectivity index (χ1n) is 6.09. The second-order valence-corrected chi connectivity index (χ2v) is 4.98. The maximum Gasteiger partial charge on any atom is 0.319 e. The Morgan fingerprint density at radius 3 is 2.95 bits per heavy atom. The first-order valence-corrected chi connectivity index (χ1v) is 7.32. The quantitative estimate of drug-likeness (QED) is 0.741. The van der Waals surface area contributed by atoms with Crippen molar-refractivity contribution in [3.63, 3.8) is 0 Å². The zero-order chi connectivity index (χ0) is 14.4. The standard InChI is InChI=1S/C14H16N2O3S/c1-20-11-5-2-4-10(8-11)16-14(18)15-9-12(17)13-6-3-7-19-13/h2-8,12,17H,9H2,1H3,(H2,15,16,18). The highest BCUT2D eigenvalue weighted by Crippen LogP contribution is 2.18. The van der Waals surface area contributed by atoms with Crippen molar-refractivity contribution in [3.8, 4) is 0 Å². The van der Waals surface area contributed by atoms with Gasteiger partial charge in [-0.2, -0.15) is 0 Å². The van der Waals surface area contributed by atoms with Crippen molar-refractivity contribution in [3.05, 3.63) is 48.4 Å². The Balaban J connectivity index is 1.83. The van der Waals surface area contributed by atoms with E-state index >= 15 is 0 Å². The molecule has 0 aliphatic carbocycles. The molecule has 0 aliphatic rings. The number of hydrogen-bond acceptors (Lipinski definition) is 4. The van der Waals surface area contributed by atoms with Gasteiger partial charge in [0.05, 0.1) is 12.8 Å². The summed E-state index contributed by atoms with van der Waals surface area (Å²) in [5.41, 5.74) is 0.710. The summed E-state index contributed by atoms with van der Waals surface area (Å²) < 4.78 is 5.05. The van der Waals surface area contributed by atoms with Gasteiger partial charge in [0, 0.05) is 10.6 Å². The van der Waals surface area contributed by atoms with Crippen LogP contribution >= 0.6 is 11.8 Å². The van der Waals surface area contributed by atoms with E-state index in [2.05, 4.69) is 10.6 Å². The van der Waals surface area contributed by atoms with E-state index in [0.29, 0.717) is 11.4 Å². The Bertz CT molecular complexity index is 557. The number of urea groups is 1. The van der Waals surface area contributed by atoms with Gasteiger partial charge in [0.1, 0.15) is 11.9 Å². The van der Waals surface area contributed by atoms with Crippen LogP contribution in [0.5, 0.6) is 0 Å². The molecule has 20 heavy (non-hydrogen) atoms.